The molecular formula is C29H31ClF3NO. The monoisotopic (exact) mass is 501 g/mol. The first-order valence-corrected chi connectivity index (χ1v) is 12.1. The third kappa shape index (κ3) is 7.35. The molecule has 0 saturated heterocycles. The van der Waals surface area contributed by atoms with Crippen molar-refractivity contribution >= 4 is 17.5 Å². The highest BCUT2D eigenvalue weighted by molar-refractivity contribution is 6.31. The van der Waals surface area contributed by atoms with Gasteiger partial charge in [-0.25, -0.2) is 0 Å². The number of aryl methyl sites for hydroxylation is 1. The van der Waals surface area contributed by atoms with Crippen molar-refractivity contribution in [3.05, 3.63) is 105 Å². The highest BCUT2D eigenvalue weighted by Gasteiger charge is 2.30. The summed E-state index contributed by atoms with van der Waals surface area (Å²) >= 11 is 6.25. The molecule has 0 saturated carbocycles. The van der Waals surface area contributed by atoms with E-state index >= 15 is 0 Å². The second-order valence-electron chi connectivity index (χ2n) is 9.82. The Bertz CT molecular complexity index is 1160. The van der Waals surface area contributed by atoms with Crippen molar-refractivity contribution < 1.29 is 18.0 Å². The standard InChI is InChI=1S/C29H31ClF3NO/c1-5-20-15-23(18-26(30)17-20)27(35)34(19-22-9-11-24(12-10-22)28(2,3)4)14-13-21-7-6-8-25(16-21)29(31,32)33/h6-12,15-18H,5,13-14,19H2,1-4H3. The molecule has 0 aliphatic rings. The van der Waals surface area contributed by atoms with Crippen LogP contribution >= 0.6 is 11.6 Å². The van der Waals surface area contributed by atoms with E-state index in [4.69, 9.17) is 11.6 Å². The molecule has 2 nitrogen and oxygen atoms in total. The largest absolute Gasteiger partial charge is 0.416 e. The van der Waals surface area contributed by atoms with Crippen molar-refractivity contribution in [1.82, 2.24) is 4.90 Å². The van der Waals surface area contributed by atoms with E-state index in [1.165, 1.54) is 11.6 Å². The Morgan fingerprint density at radius 3 is 2.14 bits per heavy atom. The fourth-order valence-corrected chi connectivity index (χ4v) is 4.17. The molecule has 3 rings (SSSR count). The molecule has 35 heavy (non-hydrogen) atoms. The summed E-state index contributed by atoms with van der Waals surface area (Å²) in [7, 11) is 0. The van der Waals surface area contributed by atoms with E-state index < -0.39 is 11.7 Å². The second kappa shape index (κ2) is 10.9. The highest BCUT2D eigenvalue weighted by atomic mass is 35.5. The summed E-state index contributed by atoms with van der Waals surface area (Å²) < 4.78 is 39.5. The number of hydrogen-bond donors (Lipinski definition) is 0. The van der Waals surface area contributed by atoms with Gasteiger partial charge < -0.3 is 4.90 Å². The number of carbonyl (C=O) groups is 1. The highest BCUT2D eigenvalue weighted by Crippen LogP contribution is 2.30. The van der Waals surface area contributed by atoms with E-state index in [1.807, 2.05) is 31.2 Å². The van der Waals surface area contributed by atoms with Gasteiger partial charge in [0.2, 0.25) is 0 Å². The van der Waals surface area contributed by atoms with Crippen LogP contribution in [-0.2, 0) is 31.0 Å². The maximum absolute atomic E-state index is 13.5. The van der Waals surface area contributed by atoms with Gasteiger partial charge in [-0.15, -0.1) is 0 Å². The Morgan fingerprint density at radius 2 is 1.54 bits per heavy atom. The lowest BCUT2D eigenvalue weighted by Crippen LogP contribution is -2.32. The molecule has 0 aromatic heterocycles. The van der Waals surface area contributed by atoms with E-state index in [0.717, 1.165) is 29.7 Å². The zero-order chi connectivity index (χ0) is 25.8. The molecule has 3 aromatic carbocycles. The zero-order valence-electron chi connectivity index (χ0n) is 20.5. The van der Waals surface area contributed by atoms with Crippen LogP contribution in [0, 0.1) is 0 Å². The number of nitrogens with zero attached hydrogens (tertiary/aromatic N) is 1. The summed E-state index contributed by atoms with van der Waals surface area (Å²) in [5.41, 5.74) is 3.42. The van der Waals surface area contributed by atoms with Gasteiger partial charge in [0.05, 0.1) is 5.56 Å². The van der Waals surface area contributed by atoms with Crippen LogP contribution in [0.4, 0.5) is 13.2 Å². The van der Waals surface area contributed by atoms with Crippen LogP contribution in [0.15, 0.2) is 66.7 Å². The van der Waals surface area contributed by atoms with Crippen molar-refractivity contribution in [2.45, 2.75) is 58.7 Å². The SMILES string of the molecule is CCc1cc(Cl)cc(C(=O)N(CCc2cccc(C(F)(F)F)c2)Cc2ccc(C(C)(C)C)cc2)c1. The molecule has 0 aliphatic carbocycles. The van der Waals surface area contributed by atoms with Gasteiger partial charge in [-0.1, -0.05) is 81.8 Å². The lowest BCUT2D eigenvalue weighted by atomic mass is 9.87. The van der Waals surface area contributed by atoms with Crippen LogP contribution in [0.3, 0.4) is 0 Å². The normalized spacial score (nSPS) is 12.0. The van der Waals surface area contributed by atoms with E-state index in [2.05, 4.69) is 32.9 Å². The van der Waals surface area contributed by atoms with Gasteiger partial charge in [0.1, 0.15) is 0 Å². The summed E-state index contributed by atoms with van der Waals surface area (Å²) in [6.45, 7) is 9.01. The first-order valence-electron chi connectivity index (χ1n) is 11.7. The van der Waals surface area contributed by atoms with Crippen LogP contribution in [-0.4, -0.2) is 17.4 Å². The van der Waals surface area contributed by atoms with Crippen molar-refractivity contribution in [2.75, 3.05) is 6.54 Å². The third-order valence-corrected chi connectivity index (χ3v) is 6.24. The van der Waals surface area contributed by atoms with Crippen molar-refractivity contribution in [3.8, 4) is 0 Å². The maximum atomic E-state index is 13.5. The minimum Gasteiger partial charge on any atom is -0.334 e. The molecule has 0 fully saturated rings. The minimum absolute atomic E-state index is 0.00881. The number of amides is 1. The van der Waals surface area contributed by atoms with Crippen LogP contribution in [0.2, 0.25) is 5.02 Å². The Labute approximate surface area is 210 Å². The minimum atomic E-state index is -4.41. The smallest absolute Gasteiger partial charge is 0.334 e. The molecular weight excluding hydrogens is 471 g/mol. The molecule has 0 heterocycles. The van der Waals surface area contributed by atoms with E-state index in [0.29, 0.717) is 29.1 Å². The van der Waals surface area contributed by atoms with Gasteiger partial charge in [0, 0.05) is 23.7 Å². The Morgan fingerprint density at radius 1 is 0.857 bits per heavy atom. The van der Waals surface area contributed by atoms with Crippen LogP contribution in [0.5, 0.6) is 0 Å². The first kappa shape index (κ1) is 26.8. The number of carbonyl (C=O) groups excluding carboxylic acids is 1. The summed E-state index contributed by atoms with van der Waals surface area (Å²) in [5.74, 6) is -0.200. The quantitative estimate of drug-likeness (QED) is 0.320. The average molecular weight is 502 g/mol. The lowest BCUT2D eigenvalue weighted by molar-refractivity contribution is -0.137. The van der Waals surface area contributed by atoms with E-state index in [1.54, 1.807) is 17.0 Å². The number of hydrogen-bond acceptors (Lipinski definition) is 1. The Hall–Kier alpha value is -2.79. The van der Waals surface area contributed by atoms with Gasteiger partial charge in [0.15, 0.2) is 0 Å². The summed E-state index contributed by atoms with van der Waals surface area (Å²) in [5, 5.41) is 0.486. The molecule has 3 aromatic rings. The molecule has 186 valence electrons. The molecule has 0 spiro atoms. The molecule has 0 unspecified atom stereocenters. The predicted octanol–water partition coefficient (Wildman–Crippen LogP) is 8.10. The molecule has 1 amide bonds. The fraction of sp³-hybridized carbons (Fsp3) is 0.345. The predicted molar refractivity (Wildman–Crippen MR) is 136 cm³/mol. The Kier molecular flexibility index (Phi) is 8.32. The lowest BCUT2D eigenvalue weighted by Gasteiger charge is -2.25. The maximum Gasteiger partial charge on any atom is 0.416 e. The van der Waals surface area contributed by atoms with Crippen molar-refractivity contribution in [1.29, 1.82) is 0 Å². The topological polar surface area (TPSA) is 20.3 Å². The number of benzene rings is 3. The second-order valence-corrected chi connectivity index (χ2v) is 10.3. The van der Waals surface area contributed by atoms with E-state index in [-0.39, 0.29) is 17.9 Å². The van der Waals surface area contributed by atoms with E-state index in [9.17, 15) is 18.0 Å². The third-order valence-electron chi connectivity index (χ3n) is 6.02. The molecule has 0 radical (unpaired) electrons. The first-order chi connectivity index (χ1) is 16.4. The molecule has 0 aliphatic heterocycles. The fourth-order valence-electron chi connectivity index (χ4n) is 3.91. The average Bonchev–Trinajstić information content (AvgIpc) is 2.80. The van der Waals surface area contributed by atoms with Crippen molar-refractivity contribution in [2.24, 2.45) is 0 Å². The molecule has 0 N–H and O–H groups in total. The van der Waals surface area contributed by atoms with Gasteiger partial charge in [0.25, 0.3) is 5.91 Å². The van der Waals surface area contributed by atoms with Crippen LogP contribution in [0.25, 0.3) is 0 Å². The number of alkyl halides is 3. The van der Waals surface area contributed by atoms with Crippen LogP contribution in [0.1, 0.15) is 65.9 Å². The van der Waals surface area contributed by atoms with Gasteiger partial charge in [-0.3, -0.25) is 4.79 Å². The van der Waals surface area contributed by atoms with Gasteiger partial charge >= 0.3 is 6.18 Å². The Balaban J connectivity index is 1.88. The van der Waals surface area contributed by atoms with Crippen LogP contribution < -0.4 is 0 Å². The number of halogens is 4. The molecule has 0 bridgehead atoms. The molecule has 0 atom stereocenters. The summed E-state index contributed by atoms with van der Waals surface area (Å²) in [6, 6.07) is 18.7. The van der Waals surface area contributed by atoms with Gasteiger partial charge in [-0.05, 0) is 64.8 Å². The number of rotatable bonds is 7. The van der Waals surface area contributed by atoms with Gasteiger partial charge in [-0.2, -0.15) is 13.2 Å². The van der Waals surface area contributed by atoms with Crippen molar-refractivity contribution in [3.63, 3.8) is 0 Å². The summed E-state index contributed by atoms with van der Waals surface area (Å²) in [6.07, 6.45) is -3.37. The summed E-state index contributed by atoms with van der Waals surface area (Å²) in [4.78, 5) is 15.2. The zero-order valence-corrected chi connectivity index (χ0v) is 21.3. The molecule has 6 heteroatoms.